The van der Waals surface area contributed by atoms with Crippen molar-refractivity contribution in [3.05, 3.63) is 24.2 Å². The van der Waals surface area contributed by atoms with Gasteiger partial charge in [0.25, 0.3) is 0 Å². The van der Waals surface area contributed by atoms with E-state index in [2.05, 4.69) is 15.5 Å². The van der Waals surface area contributed by atoms with Crippen LogP contribution in [0.3, 0.4) is 0 Å². The first-order chi connectivity index (χ1) is 9.31. The van der Waals surface area contributed by atoms with Gasteiger partial charge in [0.1, 0.15) is 5.76 Å². The summed E-state index contributed by atoms with van der Waals surface area (Å²) in [4.78, 5) is 13.9. The van der Waals surface area contributed by atoms with E-state index >= 15 is 0 Å². The Balaban J connectivity index is 1.96. The van der Waals surface area contributed by atoms with E-state index < -0.39 is 0 Å². The second kappa shape index (κ2) is 7.19. The zero-order valence-electron chi connectivity index (χ0n) is 11.5. The Labute approximate surface area is 114 Å². The lowest BCUT2D eigenvalue weighted by Crippen LogP contribution is -2.43. The third-order valence-corrected chi connectivity index (χ3v) is 3.50. The first kappa shape index (κ1) is 13.9. The van der Waals surface area contributed by atoms with Gasteiger partial charge in [-0.15, -0.1) is 0 Å². The normalized spacial score (nSPS) is 17.9. The summed E-state index contributed by atoms with van der Waals surface area (Å²) >= 11 is 0. The Kier molecular flexibility index (Phi) is 5.27. The fourth-order valence-corrected chi connectivity index (χ4v) is 2.53. The van der Waals surface area contributed by atoms with E-state index in [9.17, 15) is 4.79 Å². The quantitative estimate of drug-likeness (QED) is 0.857. The second-order valence-corrected chi connectivity index (χ2v) is 4.87. The SMILES string of the molecule is CCNC(=O)NC[C@@H](c1ccco1)N1CCCCC1. The second-order valence-electron chi connectivity index (χ2n) is 4.87. The third-order valence-electron chi connectivity index (χ3n) is 3.50. The van der Waals surface area contributed by atoms with E-state index in [-0.39, 0.29) is 12.1 Å². The highest BCUT2D eigenvalue weighted by Gasteiger charge is 2.24. The number of hydrogen-bond acceptors (Lipinski definition) is 3. The van der Waals surface area contributed by atoms with Gasteiger partial charge in [0.2, 0.25) is 0 Å². The molecular weight excluding hydrogens is 242 g/mol. The molecule has 2 amide bonds. The van der Waals surface area contributed by atoms with Crippen LogP contribution in [0.1, 0.15) is 38.0 Å². The first-order valence-corrected chi connectivity index (χ1v) is 7.10. The van der Waals surface area contributed by atoms with Gasteiger partial charge in [-0.2, -0.15) is 0 Å². The molecule has 0 bridgehead atoms. The maximum Gasteiger partial charge on any atom is 0.314 e. The van der Waals surface area contributed by atoms with E-state index in [1.807, 2.05) is 19.1 Å². The molecule has 1 aromatic heterocycles. The number of carbonyl (C=O) groups is 1. The highest BCUT2D eigenvalue weighted by molar-refractivity contribution is 5.73. The van der Waals surface area contributed by atoms with Gasteiger partial charge in [-0.1, -0.05) is 6.42 Å². The molecule has 0 aliphatic carbocycles. The van der Waals surface area contributed by atoms with Gasteiger partial charge in [0.05, 0.1) is 12.3 Å². The van der Waals surface area contributed by atoms with Gasteiger partial charge < -0.3 is 15.1 Å². The number of furan rings is 1. The average Bonchev–Trinajstić information content (AvgIpc) is 2.94. The smallest absolute Gasteiger partial charge is 0.314 e. The first-order valence-electron chi connectivity index (χ1n) is 7.10. The topological polar surface area (TPSA) is 57.5 Å². The van der Waals surface area contributed by atoms with Crippen molar-refractivity contribution in [3.8, 4) is 0 Å². The van der Waals surface area contributed by atoms with Gasteiger partial charge in [0, 0.05) is 13.1 Å². The summed E-state index contributed by atoms with van der Waals surface area (Å²) in [6.07, 6.45) is 5.43. The molecule has 0 saturated carbocycles. The zero-order chi connectivity index (χ0) is 13.5. The van der Waals surface area contributed by atoms with Crippen molar-refractivity contribution in [2.24, 2.45) is 0 Å². The number of amides is 2. The highest BCUT2D eigenvalue weighted by Crippen LogP contribution is 2.24. The minimum absolute atomic E-state index is 0.115. The van der Waals surface area contributed by atoms with E-state index in [0.717, 1.165) is 18.8 Å². The van der Waals surface area contributed by atoms with Crippen LogP contribution in [-0.2, 0) is 0 Å². The van der Waals surface area contributed by atoms with Crippen LogP contribution in [0.2, 0.25) is 0 Å². The van der Waals surface area contributed by atoms with Gasteiger partial charge in [-0.05, 0) is 45.0 Å². The van der Waals surface area contributed by atoms with Crippen LogP contribution in [0.5, 0.6) is 0 Å². The maximum atomic E-state index is 11.5. The van der Waals surface area contributed by atoms with Gasteiger partial charge in [-0.3, -0.25) is 4.90 Å². The van der Waals surface area contributed by atoms with Gasteiger partial charge >= 0.3 is 6.03 Å². The minimum Gasteiger partial charge on any atom is -0.468 e. The van der Waals surface area contributed by atoms with Crippen LogP contribution in [0.4, 0.5) is 4.79 Å². The van der Waals surface area contributed by atoms with Crippen LogP contribution in [-0.4, -0.2) is 37.1 Å². The zero-order valence-corrected chi connectivity index (χ0v) is 11.5. The monoisotopic (exact) mass is 265 g/mol. The lowest BCUT2D eigenvalue weighted by Gasteiger charge is -2.33. The predicted molar refractivity (Wildman–Crippen MR) is 73.9 cm³/mol. The van der Waals surface area contributed by atoms with Crippen molar-refractivity contribution >= 4 is 6.03 Å². The Morgan fingerprint density at radius 3 is 2.79 bits per heavy atom. The number of piperidine rings is 1. The van der Waals surface area contributed by atoms with Crippen molar-refractivity contribution in [2.75, 3.05) is 26.2 Å². The largest absolute Gasteiger partial charge is 0.468 e. The molecule has 2 heterocycles. The summed E-state index contributed by atoms with van der Waals surface area (Å²) in [5.74, 6) is 0.929. The number of nitrogens with one attached hydrogen (secondary N) is 2. The maximum absolute atomic E-state index is 11.5. The van der Waals surface area contributed by atoms with E-state index in [1.54, 1.807) is 6.26 Å². The van der Waals surface area contributed by atoms with Gasteiger partial charge in [0.15, 0.2) is 0 Å². The summed E-state index contributed by atoms with van der Waals surface area (Å²) in [5, 5.41) is 5.67. The summed E-state index contributed by atoms with van der Waals surface area (Å²) in [7, 11) is 0. The van der Waals surface area contributed by atoms with Crippen LogP contribution in [0.15, 0.2) is 22.8 Å². The molecule has 0 unspecified atom stereocenters. The van der Waals surface area contributed by atoms with E-state index in [0.29, 0.717) is 13.1 Å². The van der Waals surface area contributed by atoms with E-state index in [4.69, 9.17) is 4.42 Å². The molecule has 1 aliphatic rings. The molecule has 5 heteroatoms. The number of nitrogens with zero attached hydrogens (tertiary/aromatic N) is 1. The van der Waals surface area contributed by atoms with Crippen LogP contribution < -0.4 is 10.6 Å². The van der Waals surface area contributed by atoms with Gasteiger partial charge in [-0.25, -0.2) is 4.79 Å². The van der Waals surface area contributed by atoms with Crippen molar-refractivity contribution in [1.29, 1.82) is 0 Å². The van der Waals surface area contributed by atoms with Crippen molar-refractivity contribution in [2.45, 2.75) is 32.2 Å². The van der Waals surface area contributed by atoms with Crippen LogP contribution in [0.25, 0.3) is 0 Å². The minimum atomic E-state index is -0.115. The summed E-state index contributed by atoms with van der Waals surface area (Å²) in [5.41, 5.74) is 0. The number of urea groups is 1. The molecule has 19 heavy (non-hydrogen) atoms. The molecule has 1 atom stereocenters. The molecule has 2 rings (SSSR count). The Hall–Kier alpha value is -1.49. The Morgan fingerprint density at radius 1 is 1.37 bits per heavy atom. The predicted octanol–water partition coefficient (Wildman–Crippen LogP) is 2.13. The Bertz CT molecular complexity index is 372. The molecule has 0 spiro atoms. The number of rotatable bonds is 5. The van der Waals surface area contributed by atoms with Crippen LogP contribution in [0, 0.1) is 0 Å². The molecule has 1 saturated heterocycles. The summed E-state index contributed by atoms with van der Waals surface area (Å²) < 4.78 is 5.53. The molecule has 1 fully saturated rings. The van der Waals surface area contributed by atoms with Crippen molar-refractivity contribution in [1.82, 2.24) is 15.5 Å². The molecule has 0 radical (unpaired) electrons. The number of likely N-dealkylation sites (tertiary alicyclic amines) is 1. The lowest BCUT2D eigenvalue weighted by molar-refractivity contribution is 0.143. The molecule has 5 nitrogen and oxygen atoms in total. The number of hydrogen-bond donors (Lipinski definition) is 2. The standard InChI is InChI=1S/C14H23N3O2/c1-2-15-14(18)16-11-12(13-7-6-10-19-13)17-8-4-3-5-9-17/h6-7,10,12H,2-5,8-9,11H2,1H3,(H2,15,16,18)/t12-/m0/s1. The highest BCUT2D eigenvalue weighted by atomic mass is 16.3. The third kappa shape index (κ3) is 3.99. The van der Waals surface area contributed by atoms with E-state index in [1.165, 1.54) is 19.3 Å². The average molecular weight is 265 g/mol. The molecule has 1 aliphatic heterocycles. The molecule has 0 aromatic carbocycles. The molecule has 1 aromatic rings. The van der Waals surface area contributed by atoms with Crippen LogP contribution >= 0.6 is 0 Å². The summed E-state index contributed by atoms with van der Waals surface area (Å²) in [6.45, 7) is 5.28. The molecular formula is C14H23N3O2. The van der Waals surface area contributed by atoms with Crippen molar-refractivity contribution < 1.29 is 9.21 Å². The lowest BCUT2D eigenvalue weighted by atomic mass is 10.1. The number of carbonyl (C=O) groups excluding carboxylic acids is 1. The van der Waals surface area contributed by atoms with Crippen molar-refractivity contribution in [3.63, 3.8) is 0 Å². The Morgan fingerprint density at radius 2 is 2.16 bits per heavy atom. The molecule has 106 valence electrons. The molecule has 2 N–H and O–H groups in total. The fraction of sp³-hybridized carbons (Fsp3) is 0.643. The fourth-order valence-electron chi connectivity index (χ4n) is 2.53. The summed E-state index contributed by atoms with van der Waals surface area (Å²) in [6, 6.07) is 3.91.